The summed E-state index contributed by atoms with van der Waals surface area (Å²) in [6.07, 6.45) is 5.22. The summed E-state index contributed by atoms with van der Waals surface area (Å²) >= 11 is 5.75. The van der Waals surface area contributed by atoms with Gasteiger partial charge in [-0.2, -0.15) is 0 Å². The quantitative estimate of drug-likeness (QED) is 0.468. The Morgan fingerprint density at radius 1 is 1.70 bits per heavy atom. The maximum absolute atomic E-state index is 10.4. The maximum Gasteiger partial charge on any atom is 0.311 e. The first-order valence-electron chi connectivity index (χ1n) is 3.25. The van der Waals surface area contributed by atoms with Crippen LogP contribution in [0.5, 0.6) is 0 Å². The van der Waals surface area contributed by atoms with Gasteiger partial charge in [-0.05, 0) is 12.8 Å². The molecule has 0 saturated heterocycles. The van der Waals surface area contributed by atoms with Crippen LogP contribution in [0.1, 0.15) is 12.8 Å². The van der Waals surface area contributed by atoms with Gasteiger partial charge in [-0.1, -0.05) is 12.2 Å². The fourth-order valence-corrected chi connectivity index (χ4v) is 1.35. The zero-order valence-electron chi connectivity index (χ0n) is 5.46. The Bertz CT molecular complexity index is 165. The predicted octanol–water partition coefficient (Wildman–Crippen LogP) is 1.64. The van der Waals surface area contributed by atoms with E-state index in [1.54, 1.807) is 6.08 Å². The second kappa shape index (κ2) is 3.06. The van der Waals surface area contributed by atoms with Crippen LogP contribution in [0.2, 0.25) is 0 Å². The molecule has 10 heavy (non-hydrogen) atoms. The Balaban J connectivity index is 2.64. The van der Waals surface area contributed by atoms with E-state index in [0.29, 0.717) is 0 Å². The number of rotatable bonds is 1. The van der Waals surface area contributed by atoms with E-state index in [0.717, 1.165) is 12.8 Å². The van der Waals surface area contributed by atoms with Crippen molar-refractivity contribution < 1.29 is 9.90 Å². The van der Waals surface area contributed by atoms with Gasteiger partial charge < -0.3 is 5.11 Å². The summed E-state index contributed by atoms with van der Waals surface area (Å²) in [5.41, 5.74) is 0. The van der Waals surface area contributed by atoms with Crippen molar-refractivity contribution in [3.63, 3.8) is 0 Å². The Labute approximate surface area is 64.5 Å². The summed E-state index contributed by atoms with van der Waals surface area (Å²) in [6, 6.07) is 0. The molecule has 0 aromatic heterocycles. The van der Waals surface area contributed by atoms with E-state index < -0.39 is 11.9 Å². The lowest BCUT2D eigenvalue weighted by atomic mass is 9.96. The molecular weight excluding hydrogens is 152 g/mol. The van der Waals surface area contributed by atoms with Gasteiger partial charge in [0.15, 0.2) is 0 Å². The monoisotopic (exact) mass is 160 g/mol. The van der Waals surface area contributed by atoms with Crippen LogP contribution in [0.25, 0.3) is 0 Å². The Morgan fingerprint density at radius 2 is 2.40 bits per heavy atom. The number of allylic oxidation sites excluding steroid dienone is 1. The largest absolute Gasteiger partial charge is 0.481 e. The number of halogens is 1. The van der Waals surface area contributed by atoms with E-state index in [2.05, 4.69) is 0 Å². The summed E-state index contributed by atoms with van der Waals surface area (Å²) < 4.78 is 0. The molecule has 0 aromatic rings. The Kier molecular flexibility index (Phi) is 2.33. The smallest absolute Gasteiger partial charge is 0.311 e. The highest BCUT2D eigenvalue weighted by atomic mass is 35.5. The van der Waals surface area contributed by atoms with Gasteiger partial charge in [0.05, 0.1) is 11.3 Å². The van der Waals surface area contributed by atoms with Crippen molar-refractivity contribution in [2.24, 2.45) is 5.92 Å². The lowest BCUT2D eigenvalue weighted by molar-refractivity contribution is -0.140. The molecule has 0 aromatic carbocycles. The molecule has 2 atom stereocenters. The van der Waals surface area contributed by atoms with Crippen molar-refractivity contribution in [1.29, 1.82) is 0 Å². The number of carboxylic acids is 1. The third-order valence-corrected chi connectivity index (χ3v) is 2.12. The van der Waals surface area contributed by atoms with E-state index in [4.69, 9.17) is 16.7 Å². The topological polar surface area (TPSA) is 37.3 Å². The molecular formula is C7H9ClO2. The van der Waals surface area contributed by atoms with Crippen molar-refractivity contribution in [2.45, 2.75) is 18.2 Å². The minimum atomic E-state index is -0.823. The van der Waals surface area contributed by atoms with E-state index in [1.807, 2.05) is 6.08 Å². The second-order valence-corrected chi connectivity index (χ2v) is 2.95. The highest BCUT2D eigenvalue weighted by Crippen LogP contribution is 2.22. The summed E-state index contributed by atoms with van der Waals surface area (Å²) in [4.78, 5) is 10.4. The molecule has 1 aliphatic rings. The number of carbonyl (C=O) groups is 1. The molecule has 1 aliphatic carbocycles. The predicted molar refractivity (Wildman–Crippen MR) is 39.1 cm³/mol. The first-order chi connectivity index (χ1) is 4.72. The van der Waals surface area contributed by atoms with Crippen molar-refractivity contribution >= 4 is 17.6 Å². The summed E-state index contributed by atoms with van der Waals surface area (Å²) in [5.74, 6) is -1.30. The lowest BCUT2D eigenvalue weighted by Crippen LogP contribution is -2.23. The van der Waals surface area contributed by atoms with Crippen molar-refractivity contribution in [3.8, 4) is 0 Å². The van der Waals surface area contributed by atoms with Crippen LogP contribution < -0.4 is 0 Å². The van der Waals surface area contributed by atoms with Gasteiger partial charge in [-0.3, -0.25) is 4.79 Å². The lowest BCUT2D eigenvalue weighted by Gasteiger charge is -2.17. The molecule has 56 valence electrons. The minimum absolute atomic E-state index is 0.220. The van der Waals surface area contributed by atoms with Crippen LogP contribution in [0.4, 0.5) is 0 Å². The van der Waals surface area contributed by atoms with Gasteiger partial charge in [0, 0.05) is 0 Å². The van der Waals surface area contributed by atoms with E-state index in [1.165, 1.54) is 0 Å². The second-order valence-electron chi connectivity index (χ2n) is 2.39. The fourth-order valence-electron chi connectivity index (χ4n) is 1.04. The molecule has 0 saturated carbocycles. The number of carboxylic acid groups (broad SMARTS) is 1. The molecule has 0 aliphatic heterocycles. The molecule has 2 unspecified atom stereocenters. The molecule has 0 fully saturated rings. The van der Waals surface area contributed by atoms with Gasteiger partial charge in [0.1, 0.15) is 0 Å². The number of hydrogen-bond acceptors (Lipinski definition) is 1. The molecule has 2 nitrogen and oxygen atoms in total. The first kappa shape index (κ1) is 7.61. The maximum atomic E-state index is 10.4. The van der Waals surface area contributed by atoms with Crippen LogP contribution in [-0.4, -0.2) is 16.5 Å². The van der Waals surface area contributed by atoms with Gasteiger partial charge in [-0.25, -0.2) is 0 Å². The van der Waals surface area contributed by atoms with E-state index >= 15 is 0 Å². The van der Waals surface area contributed by atoms with Crippen LogP contribution in [0, 0.1) is 5.92 Å². The van der Waals surface area contributed by atoms with Crippen LogP contribution in [0.15, 0.2) is 12.2 Å². The van der Waals surface area contributed by atoms with Gasteiger partial charge in [-0.15, -0.1) is 11.6 Å². The van der Waals surface area contributed by atoms with Gasteiger partial charge in [0.2, 0.25) is 0 Å². The molecule has 0 amide bonds. The Morgan fingerprint density at radius 3 is 2.80 bits per heavy atom. The van der Waals surface area contributed by atoms with E-state index in [-0.39, 0.29) is 5.38 Å². The SMILES string of the molecule is O=C(O)C1C=CCCC1Cl. The van der Waals surface area contributed by atoms with Crippen molar-refractivity contribution in [2.75, 3.05) is 0 Å². The molecule has 0 heterocycles. The molecule has 3 heteroatoms. The number of aliphatic carboxylic acids is 1. The first-order valence-corrected chi connectivity index (χ1v) is 3.69. The Hall–Kier alpha value is -0.500. The molecule has 1 rings (SSSR count). The highest BCUT2D eigenvalue weighted by molar-refractivity contribution is 6.22. The third kappa shape index (κ3) is 1.51. The number of alkyl halides is 1. The van der Waals surface area contributed by atoms with Gasteiger partial charge in [0.25, 0.3) is 0 Å². The van der Waals surface area contributed by atoms with Crippen LogP contribution in [0.3, 0.4) is 0 Å². The standard InChI is InChI=1S/C7H9ClO2/c8-6-4-2-1-3-5(6)7(9)10/h1,3,5-6H,2,4H2,(H,9,10). The highest BCUT2D eigenvalue weighted by Gasteiger charge is 2.25. The van der Waals surface area contributed by atoms with Crippen molar-refractivity contribution in [3.05, 3.63) is 12.2 Å². The summed E-state index contributed by atoms with van der Waals surface area (Å²) in [7, 11) is 0. The van der Waals surface area contributed by atoms with E-state index in [9.17, 15) is 4.79 Å². The average Bonchev–Trinajstić information content (AvgIpc) is 1.88. The van der Waals surface area contributed by atoms with Crippen molar-refractivity contribution in [1.82, 2.24) is 0 Å². The number of hydrogen-bond donors (Lipinski definition) is 1. The minimum Gasteiger partial charge on any atom is -0.481 e. The zero-order chi connectivity index (χ0) is 7.56. The average molecular weight is 161 g/mol. The molecule has 0 spiro atoms. The summed E-state index contributed by atoms with van der Waals surface area (Å²) in [5, 5.41) is 8.35. The summed E-state index contributed by atoms with van der Waals surface area (Å²) in [6.45, 7) is 0. The van der Waals surface area contributed by atoms with Crippen LogP contribution >= 0.6 is 11.6 Å². The molecule has 0 radical (unpaired) electrons. The van der Waals surface area contributed by atoms with Crippen LogP contribution in [-0.2, 0) is 4.79 Å². The molecule has 0 bridgehead atoms. The third-order valence-electron chi connectivity index (χ3n) is 1.63. The normalized spacial score (nSPS) is 32.1. The molecule has 1 N–H and O–H groups in total. The zero-order valence-corrected chi connectivity index (χ0v) is 6.21. The van der Waals surface area contributed by atoms with Gasteiger partial charge >= 0.3 is 5.97 Å². The fraction of sp³-hybridized carbons (Fsp3) is 0.571.